The minimum atomic E-state index is 0.623. The van der Waals surface area contributed by atoms with Crippen molar-refractivity contribution in [2.24, 2.45) is 5.73 Å². The van der Waals surface area contributed by atoms with Crippen molar-refractivity contribution in [2.45, 2.75) is 13.3 Å². The van der Waals surface area contributed by atoms with Crippen LogP contribution in [0.3, 0.4) is 0 Å². The van der Waals surface area contributed by atoms with Gasteiger partial charge in [0.25, 0.3) is 0 Å². The van der Waals surface area contributed by atoms with Crippen molar-refractivity contribution in [3.8, 4) is 22.8 Å². The Labute approximate surface area is 117 Å². The van der Waals surface area contributed by atoms with Crippen LogP contribution in [0.4, 0.5) is 0 Å². The number of nitrogens with two attached hydrogens (primary N) is 1. The Balaban J connectivity index is 2.42. The van der Waals surface area contributed by atoms with Crippen LogP contribution in [0.1, 0.15) is 10.6 Å². The van der Waals surface area contributed by atoms with Gasteiger partial charge in [0.15, 0.2) is 11.5 Å². The van der Waals surface area contributed by atoms with Gasteiger partial charge in [0.05, 0.1) is 24.9 Å². The van der Waals surface area contributed by atoms with Crippen LogP contribution < -0.4 is 15.2 Å². The number of ether oxygens (including phenoxy) is 2. The van der Waals surface area contributed by atoms with Crippen LogP contribution in [-0.2, 0) is 6.42 Å². The lowest BCUT2D eigenvalue weighted by Gasteiger charge is -2.11. The molecule has 4 nitrogen and oxygen atoms in total. The van der Waals surface area contributed by atoms with E-state index in [0.29, 0.717) is 6.54 Å². The van der Waals surface area contributed by atoms with Crippen molar-refractivity contribution in [3.05, 3.63) is 28.1 Å². The highest BCUT2D eigenvalue weighted by Crippen LogP contribution is 2.35. The Morgan fingerprint density at radius 2 is 1.89 bits per heavy atom. The predicted molar refractivity (Wildman–Crippen MR) is 78.1 cm³/mol. The summed E-state index contributed by atoms with van der Waals surface area (Å²) in [6.07, 6.45) is 0.816. The van der Waals surface area contributed by atoms with Gasteiger partial charge in [0, 0.05) is 17.4 Å². The number of aromatic nitrogens is 1. The molecule has 0 spiro atoms. The van der Waals surface area contributed by atoms with Crippen molar-refractivity contribution >= 4 is 11.3 Å². The average Bonchev–Trinajstić information content (AvgIpc) is 2.87. The smallest absolute Gasteiger partial charge is 0.161 e. The molecule has 0 saturated carbocycles. The number of nitrogens with zero attached hydrogens (tertiary/aromatic N) is 1. The average molecular weight is 278 g/mol. The fourth-order valence-corrected chi connectivity index (χ4v) is 2.74. The largest absolute Gasteiger partial charge is 0.493 e. The van der Waals surface area contributed by atoms with Crippen LogP contribution in [0.25, 0.3) is 11.3 Å². The molecule has 19 heavy (non-hydrogen) atoms. The number of methoxy groups -OCH3 is 2. The Hall–Kier alpha value is -1.59. The number of rotatable bonds is 5. The quantitative estimate of drug-likeness (QED) is 0.913. The van der Waals surface area contributed by atoms with Gasteiger partial charge in [0.1, 0.15) is 0 Å². The van der Waals surface area contributed by atoms with Crippen LogP contribution in [0, 0.1) is 6.92 Å². The molecular formula is C14H18N2O2S. The van der Waals surface area contributed by atoms with Crippen LogP contribution in [0.2, 0.25) is 0 Å². The van der Waals surface area contributed by atoms with Crippen molar-refractivity contribution in [2.75, 3.05) is 20.8 Å². The Bertz CT molecular complexity index is 567. The molecule has 1 aromatic carbocycles. The van der Waals surface area contributed by atoms with Gasteiger partial charge >= 0.3 is 0 Å². The molecule has 0 saturated heterocycles. The summed E-state index contributed by atoms with van der Waals surface area (Å²) >= 11 is 1.64. The summed E-state index contributed by atoms with van der Waals surface area (Å²) in [6, 6.07) is 3.94. The molecule has 2 rings (SSSR count). The van der Waals surface area contributed by atoms with Crippen LogP contribution in [0.5, 0.6) is 11.5 Å². The molecule has 0 atom stereocenters. The lowest BCUT2D eigenvalue weighted by Crippen LogP contribution is -2.02. The van der Waals surface area contributed by atoms with Gasteiger partial charge in [-0.15, -0.1) is 11.3 Å². The van der Waals surface area contributed by atoms with Gasteiger partial charge in [0.2, 0.25) is 0 Å². The molecule has 2 N–H and O–H groups in total. The molecule has 1 heterocycles. The first-order valence-electron chi connectivity index (χ1n) is 6.07. The maximum absolute atomic E-state index is 5.55. The Morgan fingerprint density at radius 3 is 2.53 bits per heavy atom. The standard InChI is InChI=1S/C14H18N2O2S/c1-9-6-12(17-2)13(18-3)7-10(9)11-8-19-14(16-11)4-5-15/h6-8H,4-5,15H2,1-3H3. The SMILES string of the molecule is COc1cc(C)c(-c2csc(CCN)n2)cc1OC. The topological polar surface area (TPSA) is 57.4 Å². The normalized spacial score (nSPS) is 10.5. The van der Waals surface area contributed by atoms with Crippen molar-refractivity contribution in [1.29, 1.82) is 0 Å². The molecule has 0 aliphatic carbocycles. The van der Waals surface area contributed by atoms with Crippen LogP contribution >= 0.6 is 11.3 Å². The summed E-state index contributed by atoms with van der Waals surface area (Å²) in [7, 11) is 3.27. The highest BCUT2D eigenvalue weighted by atomic mass is 32.1. The molecule has 102 valence electrons. The molecule has 0 aliphatic heterocycles. The molecule has 0 amide bonds. The zero-order valence-corrected chi connectivity index (χ0v) is 12.2. The molecule has 1 aromatic heterocycles. The van der Waals surface area contributed by atoms with Crippen LogP contribution in [0.15, 0.2) is 17.5 Å². The monoisotopic (exact) mass is 278 g/mol. The zero-order valence-electron chi connectivity index (χ0n) is 11.4. The molecule has 2 aromatic rings. The third kappa shape index (κ3) is 2.88. The summed E-state index contributed by atoms with van der Waals surface area (Å²) in [5.74, 6) is 1.46. The van der Waals surface area contributed by atoms with Gasteiger partial charge in [-0.05, 0) is 31.2 Å². The summed E-state index contributed by atoms with van der Waals surface area (Å²) in [4.78, 5) is 4.60. The zero-order chi connectivity index (χ0) is 13.8. The first-order valence-corrected chi connectivity index (χ1v) is 6.95. The van der Waals surface area contributed by atoms with E-state index in [4.69, 9.17) is 15.2 Å². The second kappa shape index (κ2) is 6.04. The second-order valence-electron chi connectivity index (χ2n) is 4.19. The van der Waals surface area contributed by atoms with Crippen molar-refractivity contribution < 1.29 is 9.47 Å². The number of hydrogen-bond acceptors (Lipinski definition) is 5. The fraction of sp³-hybridized carbons (Fsp3) is 0.357. The number of benzene rings is 1. The number of thiazole rings is 1. The maximum atomic E-state index is 5.55. The summed E-state index contributed by atoms with van der Waals surface area (Å²) in [5, 5.41) is 3.12. The van der Waals surface area contributed by atoms with Crippen molar-refractivity contribution in [1.82, 2.24) is 4.98 Å². The Morgan fingerprint density at radius 1 is 1.21 bits per heavy atom. The molecule has 5 heteroatoms. The third-order valence-electron chi connectivity index (χ3n) is 2.92. The van der Waals surface area contributed by atoms with E-state index in [1.807, 2.05) is 19.1 Å². The minimum Gasteiger partial charge on any atom is -0.493 e. The van der Waals surface area contributed by atoms with E-state index >= 15 is 0 Å². The van der Waals surface area contributed by atoms with E-state index < -0.39 is 0 Å². The maximum Gasteiger partial charge on any atom is 0.161 e. The molecule has 0 bridgehead atoms. The predicted octanol–water partition coefficient (Wildman–Crippen LogP) is 2.64. The van der Waals surface area contributed by atoms with E-state index in [0.717, 1.165) is 39.7 Å². The summed E-state index contributed by atoms with van der Waals surface area (Å²) in [5.41, 5.74) is 8.70. The van der Waals surface area contributed by atoms with E-state index in [1.165, 1.54) is 0 Å². The van der Waals surface area contributed by atoms with Gasteiger partial charge in [-0.3, -0.25) is 0 Å². The van der Waals surface area contributed by atoms with Crippen molar-refractivity contribution in [3.63, 3.8) is 0 Å². The van der Waals surface area contributed by atoms with Gasteiger partial charge < -0.3 is 15.2 Å². The van der Waals surface area contributed by atoms with Gasteiger partial charge in [-0.1, -0.05) is 0 Å². The van der Waals surface area contributed by atoms with Gasteiger partial charge in [-0.2, -0.15) is 0 Å². The molecular weight excluding hydrogens is 260 g/mol. The lowest BCUT2D eigenvalue weighted by atomic mass is 10.1. The summed E-state index contributed by atoms with van der Waals surface area (Å²) < 4.78 is 10.6. The molecule has 0 aliphatic rings. The molecule has 0 radical (unpaired) electrons. The first kappa shape index (κ1) is 13.8. The van der Waals surface area contributed by atoms with E-state index in [-0.39, 0.29) is 0 Å². The number of hydrogen-bond donors (Lipinski definition) is 1. The second-order valence-corrected chi connectivity index (χ2v) is 5.13. The Kier molecular flexibility index (Phi) is 4.39. The molecule has 0 unspecified atom stereocenters. The van der Waals surface area contributed by atoms with Gasteiger partial charge in [-0.25, -0.2) is 4.98 Å². The minimum absolute atomic E-state index is 0.623. The van der Waals surface area contributed by atoms with E-state index in [2.05, 4.69) is 10.4 Å². The lowest BCUT2D eigenvalue weighted by molar-refractivity contribution is 0.355. The van der Waals surface area contributed by atoms with E-state index in [9.17, 15) is 0 Å². The summed E-state index contributed by atoms with van der Waals surface area (Å²) in [6.45, 7) is 2.66. The number of aryl methyl sites for hydroxylation is 1. The third-order valence-corrected chi connectivity index (χ3v) is 3.83. The van der Waals surface area contributed by atoms with Crippen LogP contribution in [-0.4, -0.2) is 25.7 Å². The van der Waals surface area contributed by atoms with E-state index in [1.54, 1.807) is 25.6 Å². The fourth-order valence-electron chi connectivity index (χ4n) is 1.93. The first-order chi connectivity index (χ1) is 9.19. The highest BCUT2D eigenvalue weighted by Gasteiger charge is 2.12. The molecule has 0 fully saturated rings. The highest BCUT2D eigenvalue weighted by molar-refractivity contribution is 7.09.